The lowest BCUT2D eigenvalue weighted by molar-refractivity contribution is -0.136. The van der Waals surface area contributed by atoms with Crippen LogP contribution in [0.4, 0.5) is 0 Å². The second-order valence-electron chi connectivity index (χ2n) is 6.52. The van der Waals surface area contributed by atoms with E-state index in [9.17, 15) is 5.11 Å². The first-order valence-corrected chi connectivity index (χ1v) is 7.12. The van der Waals surface area contributed by atoms with Crippen molar-refractivity contribution in [3.63, 3.8) is 0 Å². The first-order chi connectivity index (χ1) is 8.01. The summed E-state index contributed by atoms with van der Waals surface area (Å²) < 4.78 is 0. The molecule has 0 spiro atoms. The van der Waals surface area contributed by atoms with Gasteiger partial charge in [-0.2, -0.15) is 0 Å². The van der Waals surface area contributed by atoms with Gasteiger partial charge in [0.25, 0.3) is 0 Å². The molecule has 2 atom stereocenters. The molecule has 17 heavy (non-hydrogen) atoms. The maximum absolute atomic E-state index is 11.1. The number of hydrogen-bond donors (Lipinski definition) is 2. The van der Waals surface area contributed by atoms with Gasteiger partial charge in [0.1, 0.15) is 0 Å². The SMILES string of the molecule is CC1CCCC(CN)(C2(O)CCN(C)CC2)C1. The lowest BCUT2D eigenvalue weighted by Gasteiger charge is -2.53. The highest BCUT2D eigenvalue weighted by molar-refractivity contribution is 5.04. The van der Waals surface area contributed by atoms with Gasteiger partial charge in [-0.05, 0) is 38.6 Å². The molecule has 0 radical (unpaired) electrons. The third-order valence-electron chi connectivity index (χ3n) is 5.28. The van der Waals surface area contributed by atoms with Crippen LogP contribution in [0, 0.1) is 11.3 Å². The Morgan fingerprint density at radius 1 is 1.29 bits per heavy atom. The van der Waals surface area contributed by atoms with Crippen molar-refractivity contribution >= 4 is 0 Å². The minimum Gasteiger partial charge on any atom is -0.389 e. The smallest absolute Gasteiger partial charge is 0.0740 e. The molecule has 1 heterocycles. The molecule has 0 amide bonds. The van der Waals surface area contributed by atoms with Crippen LogP contribution in [-0.2, 0) is 0 Å². The second-order valence-corrected chi connectivity index (χ2v) is 6.52. The summed E-state index contributed by atoms with van der Waals surface area (Å²) in [5.74, 6) is 0.719. The number of rotatable bonds is 2. The van der Waals surface area contributed by atoms with Crippen LogP contribution >= 0.6 is 0 Å². The quantitative estimate of drug-likeness (QED) is 0.771. The van der Waals surface area contributed by atoms with Crippen molar-refractivity contribution < 1.29 is 5.11 Å². The van der Waals surface area contributed by atoms with Crippen molar-refractivity contribution in [3.8, 4) is 0 Å². The van der Waals surface area contributed by atoms with Crippen molar-refractivity contribution in [2.45, 2.75) is 51.0 Å². The second kappa shape index (κ2) is 4.87. The van der Waals surface area contributed by atoms with E-state index in [1.54, 1.807) is 0 Å². The Morgan fingerprint density at radius 2 is 1.94 bits per heavy atom. The van der Waals surface area contributed by atoms with Gasteiger partial charge in [0, 0.05) is 25.0 Å². The highest BCUT2D eigenvalue weighted by Crippen LogP contribution is 2.50. The summed E-state index contributed by atoms with van der Waals surface area (Å²) >= 11 is 0. The lowest BCUT2D eigenvalue weighted by Crippen LogP contribution is -2.58. The maximum Gasteiger partial charge on any atom is 0.0740 e. The molecular formula is C14H28N2O. The molecule has 3 nitrogen and oxygen atoms in total. The predicted molar refractivity (Wildman–Crippen MR) is 70.8 cm³/mol. The fraction of sp³-hybridized carbons (Fsp3) is 1.00. The molecule has 2 aliphatic rings. The zero-order chi connectivity index (χ0) is 12.5. The normalized spacial score (nSPS) is 39.2. The van der Waals surface area contributed by atoms with E-state index in [-0.39, 0.29) is 5.41 Å². The topological polar surface area (TPSA) is 49.5 Å². The van der Waals surface area contributed by atoms with Gasteiger partial charge in [0.2, 0.25) is 0 Å². The van der Waals surface area contributed by atoms with Gasteiger partial charge in [-0.1, -0.05) is 19.8 Å². The van der Waals surface area contributed by atoms with Crippen LogP contribution in [0.15, 0.2) is 0 Å². The summed E-state index contributed by atoms with van der Waals surface area (Å²) in [5, 5.41) is 11.1. The van der Waals surface area contributed by atoms with Gasteiger partial charge in [0.15, 0.2) is 0 Å². The molecule has 3 N–H and O–H groups in total. The maximum atomic E-state index is 11.1. The zero-order valence-corrected chi connectivity index (χ0v) is 11.4. The Labute approximate surface area is 105 Å². The third kappa shape index (κ3) is 2.38. The summed E-state index contributed by atoms with van der Waals surface area (Å²) in [6.07, 6.45) is 6.56. The van der Waals surface area contributed by atoms with Crippen LogP contribution in [0.3, 0.4) is 0 Å². The molecular weight excluding hydrogens is 212 g/mol. The van der Waals surface area contributed by atoms with Crippen LogP contribution in [0.1, 0.15) is 45.4 Å². The molecule has 2 unspecified atom stereocenters. The van der Waals surface area contributed by atoms with E-state index in [2.05, 4.69) is 18.9 Å². The largest absolute Gasteiger partial charge is 0.389 e. The fourth-order valence-corrected chi connectivity index (χ4v) is 3.98. The Balaban J connectivity index is 2.15. The van der Waals surface area contributed by atoms with E-state index in [0.717, 1.165) is 44.7 Å². The molecule has 1 saturated heterocycles. The Bertz CT molecular complexity index is 261. The van der Waals surface area contributed by atoms with Crippen LogP contribution in [-0.4, -0.2) is 42.3 Å². The number of nitrogens with two attached hydrogens (primary N) is 1. The zero-order valence-electron chi connectivity index (χ0n) is 11.4. The van der Waals surface area contributed by atoms with E-state index in [1.807, 2.05) is 0 Å². The fourth-order valence-electron chi connectivity index (χ4n) is 3.98. The summed E-state index contributed by atoms with van der Waals surface area (Å²) in [7, 11) is 2.14. The molecule has 0 aromatic rings. The molecule has 2 fully saturated rings. The average molecular weight is 240 g/mol. The number of nitrogens with zero attached hydrogens (tertiary/aromatic N) is 1. The molecule has 0 bridgehead atoms. The highest BCUT2D eigenvalue weighted by atomic mass is 16.3. The molecule has 100 valence electrons. The molecule has 1 saturated carbocycles. The summed E-state index contributed by atoms with van der Waals surface area (Å²) in [5.41, 5.74) is 5.56. The van der Waals surface area contributed by atoms with E-state index >= 15 is 0 Å². The highest BCUT2D eigenvalue weighted by Gasteiger charge is 2.51. The third-order valence-corrected chi connectivity index (χ3v) is 5.28. The van der Waals surface area contributed by atoms with Crippen molar-refractivity contribution in [2.24, 2.45) is 17.1 Å². The number of likely N-dealkylation sites (tertiary alicyclic amines) is 1. The average Bonchev–Trinajstić information content (AvgIpc) is 2.33. The molecule has 1 aliphatic heterocycles. The lowest BCUT2D eigenvalue weighted by atomic mass is 9.58. The van der Waals surface area contributed by atoms with E-state index in [0.29, 0.717) is 6.54 Å². The van der Waals surface area contributed by atoms with E-state index in [1.165, 1.54) is 12.8 Å². The first kappa shape index (κ1) is 13.3. The molecule has 0 aromatic carbocycles. The van der Waals surface area contributed by atoms with Crippen molar-refractivity contribution in [2.75, 3.05) is 26.7 Å². The van der Waals surface area contributed by atoms with Gasteiger partial charge in [0.05, 0.1) is 5.60 Å². The Hall–Kier alpha value is -0.120. The van der Waals surface area contributed by atoms with Crippen molar-refractivity contribution in [3.05, 3.63) is 0 Å². The summed E-state index contributed by atoms with van der Waals surface area (Å²) in [4.78, 5) is 2.31. The van der Waals surface area contributed by atoms with Gasteiger partial charge in [-0.25, -0.2) is 0 Å². The molecule has 1 aliphatic carbocycles. The van der Waals surface area contributed by atoms with Crippen molar-refractivity contribution in [1.29, 1.82) is 0 Å². The first-order valence-electron chi connectivity index (χ1n) is 7.12. The van der Waals surface area contributed by atoms with Gasteiger partial charge >= 0.3 is 0 Å². The predicted octanol–water partition coefficient (Wildman–Crippen LogP) is 1.60. The van der Waals surface area contributed by atoms with Gasteiger partial charge < -0.3 is 15.7 Å². The van der Waals surface area contributed by atoms with Crippen LogP contribution < -0.4 is 5.73 Å². The molecule has 2 rings (SSSR count). The molecule has 3 heteroatoms. The minimum atomic E-state index is -0.511. The number of hydrogen-bond acceptors (Lipinski definition) is 3. The standard InChI is InChI=1S/C14H28N2O/c1-12-4-3-5-13(10-12,11-15)14(17)6-8-16(2)9-7-14/h12,17H,3-11,15H2,1-2H3. The van der Waals surface area contributed by atoms with Crippen molar-refractivity contribution in [1.82, 2.24) is 4.90 Å². The summed E-state index contributed by atoms with van der Waals surface area (Å²) in [6, 6.07) is 0. The monoisotopic (exact) mass is 240 g/mol. The van der Waals surface area contributed by atoms with E-state index in [4.69, 9.17) is 5.73 Å². The molecule has 0 aromatic heterocycles. The van der Waals surface area contributed by atoms with Crippen LogP contribution in [0.5, 0.6) is 0 Å². The minimum absolute atomic E-state index is 0.00801. The Morgan fingerprint density at radius 3 is 2.47 bits per heavy atom. The van der Waals surface area contributed by atoms with E-state index < -0.39 is 5.60 Å². The number of piperidine rings is 1. The van der Waals surface area contributed by atoms with Gasteiger partial charge in [-0.15, -0.1) is 0 Å². The Kier molecular flexibility index (Phi) is 3.81. The summed E-state index contributed by atoms with van der Waals surface area (Å²) in [6.45, 7) is 4.97. The van der Waals surface area contributed by atoms with Gasteiger partial charge in [-0.3, -0.25) is 0 Å². The van der Waals surface area contributed by atoms with Crippen LogP contribution in [0.25, 0.3) is 0 Å². The van der Waals surface area contributed by atoms with Crippen LogP contribution in [0.2, 0.25) is 0 Å². The number of aliphatic hydroxyl groups is 1.